The molecule has 1 amide bonds. The molecule has 94 valence electrons. The van der Waals surface area contributed by atoms with E-state index in [0.29, 0.717) is 32.2 Å². The van der Waals surface area contributed by atoms with Gasteiger partial charge in [0.15, 0.2) is 0 Å². The number of hydrogen-bond acceptors (Lipinski definition) is 4. The van der Waals surface area contributed by atoms with E-state index in [4.69, 9.17) is 4.74 Å². The Balaban J connectivity index is 2.23. The molecule has 0 saturated carbocycles. The fraction of sp³-hybridized carbons (Fsp3) is 0.667. The number of morpholine rings is 1. The minimum Gasteiger partial charge on any atom is -0.378 e. The molecule has 0 aromatic carbocycles. The van der Waals surface area contributed by atoms with E-state index in [1.54, 1.807) is 0 Å². The van der Waals surface area contributed by atoms with Crippen molar-refractivity contribution in [2.45, 2.75) is 26.7 Å². The predicted molar refractivity (Wildman–Crippen MR) is 67.7 cm³/mol. The molecule has 0 aliphatic carbocycles. The Labute approximate surface area is 106 Å². The van der Waals surface area contributed by atoms with Crippen LogP contribution in [0.5, 0.6) is 0 Å². The van der Waals surface area contributed by atoms with E-state index in [1.165, 1.54) is 11.3 Å². The molecule has 0 N–H and O–H groups in total. The quantitative estimate of drug-likeness (QED) is 0.811. The first-order valence-corrected chi connectivity index (χ1v) is 6.75. The number of amides is 1. The smallest absolute Gasteiger partial charge is 0.266 e. The van der Waals surface area contributed by atoms with Crippen molar-refractivity contribution in [3.8, 4) is 0 Å². The Kier molecular flexibility index (Phi) is 3.79. The van der Waals surface area contributed by atoms with Crippen LogP contribution in [0.15, 0.2) is 0 Å². The van der Waals surface area contributed by atoms with E-state index in [9.17, 15) is 4.79 Å². The van der Waals surface area contributed by atoms with E-state index in [2.05, 4.69) is 18.8 Å². The lowest BCUT2D eigenvalue weighted by atomic mass is 10.1. The Hall–Kier alpha value is -0.940. The molecule has 1 aromatic rings. The third-order valence-corrected chi connectivity index (χ3v) is 3.77. The van der Waals surface area contributed by atoms with Gasteiger partial charge in [-0.05, 0) is 12.8 Å². The summed E-state index contributed by atoms with van der Waals surface area (Å²) >= 11 is 1.50. The number of carbonyl (C=O) groups excluding carboxylic acids is 1. The molecule has 0 radical (unpaired) electrons. The fourth-order valence-corrected chi connectivity index (χ4v) is 2.94. The van der Waals surface area contributed by atoms with Gasteiger partial charge in [-0.3, -0.25) is 4.79 Å². The molecule has 1 fully saturated rings. The average molecular weight is 254 g/mol. The zero-order valence-corrected chi connectivity index (χ0v) is 11.3. The lowest BCUT2D eigenvalue weighted by molar-refractivity contribution is 0.0305. The maximum absolute atomic E-state index is 12.4. The molecule has 0 spiro atoms. The van der Waals surface area contributed by atoms with Crippen LogP contribution >= 0.6 is 11.3 Å². The van der Waals surface area contributed by atoms with Gasteiger partial charge in [0.05, 0.1) is 23.9 Å². The van der Waals surface area contributed by atoms with Gasteiger partial charge in [0.1, 0.15) is 4.88 Å². The summed E-state index contributed by atoms with van der Waals surface area (Å²) < 4.78 is 5.26. The highest BCUT2D eigenvalue weighted by atomic mass is 32.1. The van der Waals surface area contributed by atoms with Crippen molar-refractivity contribution >= 4 is 17.2 Å². The van der Waals surface area contributed by atoms with Crippen molar-refractivity contribution in [2.24, 2.45) is 0 Å². The van der Waals surface area contributed by atoms with Crippen molar-refractivity contribution in [2.75, 3.05) is 26.3 Å². The highest BCUT2D eigenvalue weighted by Gasteiger charge is 2.24. The second-order valence-electron chi connectivity index (χ2n) is 4.51. The molecule has 4 nitrogen and oxygen atoms in total. The summed E-state index contributed by atoms with van der Waals surface area (Å²) in [7, 11) is 0. The molecule has 1 aromatic heterocycles. The van der Waals surface area contributed by atoms with Gasteiger partial charge < -0.3 is 9.64 Å². The second kappa shape index (κ2) is 5.14. The predicted octanol–water partition coefficient (Wildman–Crippen LogP) is 2.05. The Morgan fingerprint density at radius 2 is 2.06 bits per heavy atom. The SMILES string of the molecule is Cc1nc(C(C)C)c(C(=O)N2CCOCC2)s1. The van der Waals surface area contributed by atoms with E-state index in [1.807, 2.05) is 11.8 Å². The molecule has 0 bridgehead atoms. The Morgan fingerprint density at radius 3 is 2.65 bits per heavy atom. The van der Waals surface area contributed by atoms with Crippen molar-refractivity contribution in [3.63, 3.8) is 0 Å². The largest absolute Gasteiger partial charge is 0.378 e. The average Bonchev–Trinajstić information content (AvgIpc) is 2.72. The molecular weight excluding hydrogens is 236 g/mol. The van der Waals surface area contributed by atoms with E-state index >= 15 is 0 Å². The molecule has 17 heavy (non-hydrogen) atoms. The fourth-order valence-electron chi connectivity index (χ4n) is 1.90. The zero-order valence-electron chi connectivity index (χ0n) is 10.5. The Bertz CT molecular complexity index is 409. The van der Waals surface area contributed by atoms with E-state index in [0.717, 1.165) is 15.6 Å². The van der Waals surface area contributed by atoms with Crippen molar-refractivity contribution in [1.29, 1.82) is 0 Å². The molecular formula is C12H18N2O2S. The third kappa shape index (κ3) is 2.66. The lowest BCUT2D eigenvalue weighted by Gasteiger charge is -2.26. The van der Waals surface area contributed by atoms with Crippen LogP contribution in [0.2, 0.25) is 0 Å². The second-order valence-corrected chi connectivity index (χ2v) is 5.71. The van der Waals surface area contributed by atoms with Gasteiger partial charge in [-0.15, -0.1) is 11.3 Å². The van der Waals surface area contributed by atoms with Crippen molar-refractivity contribution in [1.82, 2.24) is 9.88 Å². The summed E-state index contributed by atoms with van der Waals surface area (Å²) in [6.45, 7) is 8.75. The summed E-state index contributed by atoms with van der Waals surface area (Å²) in [5.41, 5.74) is 0.934. The van der Waals surface area contributed by atoms with Crippen LogP contribution in [-0.2, 0) is 4.74 Å². The van der Waals surface area contributed by atoms with Crippen LogP contribution in [0, 0.1) is 6.92 Å². The highest BCUT2D eigenvalue weighted by Crippen LogP contribution is 2.26. The zero-order chi connectivity index (χ0) is 12.4. The summed E-state index contributed by atoms with van der Waals surface area (Å²) in [6.07, 6.45) is 0. The van der Waals surface area contributed by atoms with Gasteiger partial charge >= 0.3 is 0 Å². The van der Waals surface area contributed by atoms with Gasteiger partial charge in [0.25, 0.3) is 5.91 Å². The minimum atomic E-state index is 0.114. The first-order valence-electron chi connectivity index (χ1n) is 5.94. The standard InChI is InChI=1S/C12H18N2O2S/c1-8(2)10-11(17-9(3)13-10)12(15)14-4-6-16-7-5-14/h8H,4-7H2,1-3H3. The molecule has 0 unspecified atom stereocenters. The molecule has 2 heterocycles. The topological polar surface area (TPSA) is 42.4 Å². The normalized spacial score (nSPS) is 16.6. The van der Waals surface area contributed by atoms with Gasteiger partial charge in [-0.2, -0.15) is 0 Å². The molecule has 5 heteroatoms. The summed E-state index contributed by atoms with van der Waals surface area (Å²) in [5, 5.41) is 0.963. The summed E-state index contributed by atoms with van der Waals surface area (Å²) in [6, 6.07) is 0. The molecule has 1 aliphatic heterocycles. The van der Waals surface area contributed by atoms with Gasteiger partial charge in [0, 0.05) is 13.1 Å². The number of rotatable bonds is 2. The first kappa shape index (κ1) is 12.5. The van der Waals surface area contributed by atoms with E-state index < -0.39 is 0 Å². The van der Waals surface area contributed by atoms with Crippen molar-refractivity contribution in [3.05, 3.63) is 15.6 Å². The Morgan fingerprint density at radius 1 is 1.41 bits per heavy atom. The number of nitrogens with zero attached hydrogens (tertiary/aromatic N) is 2. The molecule has 1 aliphatic rings. The third-order valence-electron chi connectivity index (χ3n) is 2.80. The van der Waals surface area contributed by atoms with Crippen LogP contribution in [0.25, 0.3) is 0 Å². The number of aromatic nitrogens is 1. The number of hydrogen-bond donors (Lipinski definition) is 0. The number of aryl methyl sites for hydroxylation is 1. The molecule has 1 saturated heterocycles. The number of thiazole rings is 1. The summed E-state index contributed by atoms with van der Waals surface area (Å²) in [4.78, 5) is 19.5. The number of carbonyl (C=O) groups is 1. The summed E-state index contributed by atoms with van der Waals surface area (Å²) in [5.74, 6) is 0.405. The van der Waals surface area contributed by atoms with Gasteiger partial charge in [-0.25, -0.2) is 4.98 Å². The lowest BCUT2D eigenvalue weighted by Crippen LogP contribution is -2.40. The van der Waals surface area contributed by atoms with Gasteiger partial charge in [-0.1, -0.05) is 13.8 Å². The maximum atomic E-state index is 12.4. The van der Waals surface area contributed by atoms with Crippen LogP contribution in [0.4, 0.5) is 0 Å². The van der Waals surface area contributed by atoms with Crippen molar-refractivity contribution < 1.29 is 9.53 Å². The minimum absolute atomic E-state index is 0.114. The monoisotopic (exact) mass is 254 g/mol. The molecule has 2 rings (SSSR count). The first-order chi connectivity index (χ1) is 8.09. The van der Waals surface area contributed by atoms with Crippen LogP contribution < -0.4 is 0 Å². The van der Waals surface area contributed by atoms with Crippen LogP contribution in [-0.4, -0.2) is 42.1 Å². The van der Waals surface area contributed by atoms with Crippen LogP contribution in [0.3, 0.4) is 0 Å². The maximum Gasteiger partial charge on any atom is 0.266 e. The van der Waals surface area contributed by atoms with Crippen LogP contribution in [0.1, 0.15) is 40.1 Å². The van der Waals surface area contributed by atoms with E-state index in [-0.39, 0.29) is 5.91 Å². The number of ether oxygens (including phenoxy) is 1. The van der Waals surface area contributed by atoms with Gasteiger partial charge in [0.2, 0.25) is 0 Å². The highest BCUT2D eigenvalue weighted by molar-refractivity contribution is 7.13. The molecule has 0 atom stereocenters.